The normalized spacial score (nSPS) is 44.4. The average molecular weight is 576 g/mol. The Morgan fingerprint density at radius 2 is 1.85 bits per heavy atom. The lowest BCUT2D eigenvalue weighted by Gasteiger charge is -2.63. The van der Waals surface area contributed by atoms with E-state index in [1.807, 2.05) is 0 Å². The molecule has 0 spiro atoms. The maximum Gasteiger partial charge on any atom is 0.218 e. The van der Waals surface area contributed by atoms with Gasteiger partial charge in [0.25, 0.3) is 0 Å². The minimum Gasteiger partial charge on any atom is -0.390 e. The summed E-state index contributed by atoms with van der Waals surface area (Å²) in [5, 5.41) is 21.7. The second-order valence-corrected chi connectivity index (χ2v) is 14.8. The molecule has 40 heavy (non-hydrogen) atoms. The molecule has 10 heteroatoms. The fourth-order valence-electron chi connectivity index (χ4n) is 9.47. The van der Waals surface area contributed by atoms with E-state index in [-0.39, 0.29) is 43.7 Å². The highest BCUT2D eigenvalue weighted by molar-refractivity contribution is 7.88. The number of ketones is 2. The second kappa shape index (κ2) is 8.86. The molecule has 5 aliphatic rings. The van der Waals surface area contributed by atoms with Gasteiger partial charge in [-0.25, -0.2) is 21.5 Å². The minimum atomic E-state index is -3.83. The smallest absolute Gasteiger partial charge is 0.218 e. The topological polar surface area (TPSA) is 112 Å². The highest BCUT2D eigenvalue weighted by Gasteiger charge is 2.78. The van der Waals surface area contributed by atoms with E-state index in [9.17, 15) is 28.2 Å². The third kappa shape index (κ3) is 3.39. The number of aliphatic hydroxyl groups excluding tert-OH is 2. The zero-order valence-electron chi connectivity index (χ0n) is 22.6. The van der Waals surface area contributed by atoms with E-state index in [1.165, 1.54) is 23.4 Å². The van der Waals surface area contributed by atoms with Gasteiger partial charge in [-0.2, -0.15) is 0 Å². The zero-order valence-corrected chi connectivity index (χ0v) is 23.4. The Kier molecular flexibility index (Phi) is 6.18. The van der Waals surface area contributed by atoms with Gasteiger partial charge >= 0.3 is 0 Å². The Hall–Kier alpha value is -2.27. The molecule has 7 nitrogen and oxygen atoms in total. The predicted octanol–water partition coefficient (Wildman–Crippen LogP) is 2.92. The van der Waals surface area contributed by atoms with E-state index in [2.05, 4.69) is 0 Å². The van der Waals surface area contributed by atoms with Gasteiger partial charge in [-0.3, -0.25) is 9.59 Å². The van der Waals surface area contributed by atoms with E-state index in [1.54, 1.807) is 37.3 Å². The molecule has 1 aromatic carbocycles. The molecule has 0 bridgehead atoms. The first kappa shape index (κ1) is 27.9. The molecule has 0 aromatic heterocycles. The van der Waals surface area contributed by atoms with Crippen LogP contribution in [-0.4, -0.2) is 72.1 Å². The first-order valence-electron chi connectivity index (χ1n) is 13.9. The van der Waals surface area contributed by atoms with Crippen molar-refractivity contribution in [3.05, 3.63) is 59.7 Å². The average Bonchev–Trinajstić information content (AvgIpc) is 3.41. The molecule has 1 aromatic rings. The van der Waals surface area contributed by atoms with Crippen LogP contribution >= 0.6 is 0 Å². The molecule has 1 heterocycles. The number of Topliss-reactive ketones (excluding diaryl/α,β-unsaturated/α-hetero) is 1. The van der Waals surface area contributed by atoms with Crippen molar-refractivity contribution in [2.24, 2.45) is 34.0 Å². The van der Waals surface area contributed by atoms with Crippen LogP contribution in [0, 0.1) is 34.0 Å². The summed E-state index contributed by atoms with van der Waals surface area (Å²) in [6.07, 6.45) is 0.396. The number of allylic oxidation sites excluding steroid dienone is 4. The Bertz CT molecular complexity index is 1430. The molecular weight excluding hydrogens is 540 g/mol. The molecule has 4 fully saturated rings. The Labute approximate surface area is 233 Å². The van der Waals surface area contributed by atoms with Crippen molar-refractivity contribution in [1.29, 1.82) is 0 Å². The summed E-state index contributed by atoms with van der Waals surface area (Å²) in [6.45, 7) is 2.35. The van der Waals surface area contributed by atoms with Crippen molar-refractivity contribution in [2.45, 2.75) is 56.8 Å². The number of carbonyl (C=O) groups excluding carboxylic acids is 2. The van der Waals surface area contributed by atoms with Crippen molar-refractivity contribution in [2.75, 3.05) is 19.7 Å². The SMILES string of the molecule is C[C@]12C=CC(=O)C=C1[C@@H](F)C[C@H]1[C@@H]3C[C@H]4CN(S(=O)(=O)Cc5ccccc5)C[C@@]4(C(=O)CO)[C@@]3(C)C[C@H](O)[C@@]12F. The lowest BCUT2D eigenvalue weighted by Crippen LogP contribution is -2.69. The van der Waals surface area contributed by atoms with Gasteiger partial charge in [0.1, 0.15) is 12.8 Å². The van der Waals surface area contributed by atoms with Gasteiger partial charge in [-0.1, -0.05) is 43.3 Å². The van der Waals surface area contributed by atoms with Crippen molar-refractivity contribution in [3.63, 3.8) is 0 Å². The molecular formula is C30H35F2NO6S. The largest absolute Gasteiger partial charge is 0.390 e. The van der Waals surface area contributed by atoms with Gasteiger partial charge in [0, 0.05) is 24.4 Å². The number of benzene rings is 1. The number of aliphatic hydroxyl groups is 2. The Balaban J connectivity index is 1.40. The molecule has 6 rings (SSSR count). The van der Waals surface area contributed by atoms with Gasteiger partial charge < -0.3 is 10.2 Å². The lowest BCUT2D eigenvalue weighted by atomic mass is 9.43. The Morgan fingerprint density at radius 3 is 2.52 bits per heavy atom. The van der Waals surface area contributed by atoms with E-state index >= 15 is 8.78 Å². The van der Waals surface area contributed by atoms with E-state index in [0.717, 1.165) is 6.08 Å². The Morgan fingerprint density at radius 1 is 1.15 bits per heavy atom. The number of hydrogen-bond acceptors (Lipinski definition) is 6. The standard InChI is InChI=1S/C30H35F2NO6S/c1-27-9-8-20(35)11-23(27)24(31)12-22-21-10-19-14-33(40(38,39)16-18-6-4-3-5-7-18)17-29(19,26(37)15-34)28(21,2)13-25(36)30(22,27)32/h3-9,11,19,21-22,24-25,34,36H,10,12-17H2,1-2H3/t19-,21-,22-,24-,25-,27-,28-,29+,30-/m0/s1. The number of alkyl halides is 2. The van der Waals surface area contributed by atoms with Crippen molar-refractivity contribution in [1.82, 2.24) is 4.31 Å². The molecule has 4 aliphatic carbocycles. The van der Waals surface area contributed by atoms with Gasteiger partial charge in [0.05, 0.1) is 17.3 Å². The fraction of sp³-hybridized carbons (Fsp3) is 0.600. The third-order valence-electron chi connectivity index (χ3n) is 11.3. The van der Waals surface area contributed by atoms with Crippen molar-refractivity contribution < 1.29 is 37.0 Å². The number of halogens is 2. The summed E-state index contributed by atoms with van der Waals surface area (Å²) in [5.41, 5.74) is -5.63. The highest BCUT2D eigenvalue weighted by atomic mass is 32.2. The summed E-state index contributed by atoms with van der Waals surface area (Å²) >= 11 is 0. The first-order valence-corrected chi connectivity index (χ1v) is 15.5. The number of fused-ring (bicyclic) bond motifs is 7. The molecule has 1 aliphatic heterocycles. The van der Waals surface area contributed by atoms with Crippen LogP contribution in [-0.2, 0) is 25.4 Å². The molecule has 1 saturated heterocycles. The first-order chi connectivity index (χ1) is 18.7. The van der Waals surface area contributed by atoms with Crippen molar-refractivity contribution >= 4 is 21.6 Å². The quantitative estimate of drug-likeness (QED) is 0.559. The molecule has 0 unspecified atom stereocenters. The van der Waals surface area contributed by atoms with Gasteiger partial charge in [0.2, 0.25) is 10.0 Å². The van der Waals surface area contributed by atoms with E-state index in [0.29, 0.717) is 5.56 Å². The fourth-order valence-corrected chi connectivity index (χ4v) is 11.1. The number of sulfonamides is 1. The number of carbonyl (C=O) groups is 2. The molecule has 3 saturated carbocycles. The van der Waals surface area contributed by atoms with Crippen LogP contribution < -0.4 is 0 Å². The zero-order chi connectivity index (χ0) is 28.9. The van der Waals surface area contributed by atoms with Gasteiger partial charge in [-0.15, -0.1) is 0 Å². The molecule has 2 N–H and O–H groups in total. The van der Waals surface area contributed by atoms with Gasteiger partial charge in [0.15, 0.2) is 17.2 Å². The summed E-state index contributed by atoms with van der Waals surface area (Å²) in [7, 11) is -3.83. The summed E-state index contributed by atoms with van der Waals surface area (Å²) in [6, 6.07) is 8.72. The maximum absolute atomic E-state index is 17.5. The second-order valence-electron chi connectivity index (χ2n) is 12.9. The van der Waals surface area contributed by atoms with Crippen LogP contribution in [0.15, 0.2) is 54.1 Å². The van der Waals surface area contributed by atoms with Crippen LogP contribution in [0.4, 0.5) is 8.78 Å². The highest BCUT2D eigenvalue weighted by Crippen LogP contribution is 2.74. The molecule has 0 radical (unpaired) electrons. The maximum atomic E-state index is 17.5. The summed E-state index contributed by atoms with van der Waals surface area (Å²) in [5.74, 6) is -3.23. The van der Waals surface area contributed by atoms with Crippen LogP contribution in [0.25, 0.3) is 0 Å². The summed E-state index contributed by atoms with van der Waals surface area (Å²) < 4.78 is 61.5. The van der Waals surface area contributed by atoms with Crippen molar-refractivity contribution in [3.8, 4) is 0 Å². The van der Waals surface area contributed by atoms with Crippen LogP contribution in [0.1, 0.15) is 38.7 Å². The van der Waals surface area contributed by atoms with E-state index < -0.39 is 80.1 Å². The van der Waals surface area contributed by atoms with Crippen LogP contribution in [0.5, 0.6) is 0 Å². The predicted molar refractivity (Wildman–Crippen MR) is 143 cm³/mol. The lowest BCUT2D eigenvalue weighted by molar-refractivity contribution is -0.211. The summed E-state index contributed by atoms with van der Waals surface area (Å²) in [4.78, 5) is 25.7. The number of nitrogens with zero attached hydrogens (tertiary/aromatic N) is 1. The van der Waals surface area contributed by atoms with Gasteiger partial charge in [-0.05, 0) is 66.7 Å². The number of hydrogen-bond donors (Lipinski definition) is 2. The molecule has 9 atom stereocenters. The minimum absolute atomic E-state index is 0.0268. The van der Waals surface area contributed by atoms with Crippen LogP contribution in [0.2, 0.25) is 0 Å². The number of rotatable bonds is 5. The van der Waals surface area contributed by atoms with Crippen LogP contribution in [0.3, 0.4) is 0 Å². The molecule has 0 amide bonds. The third-order valence-corrected chi connectivity index (χ3v) is 13.1. The molecule has 216 valence electrons. The monoisotopic (exact) mass is 575 g/mol. The van der Waals surface area contributed by atoms with E-state index in [4.69, 9.17) is 0 Å².